The van der Waals surface area contributed by atoms with Crippen LogP contribution in [-0.2, 0) is 9.59 Å². The lowest BCUT2D eigenvalue weighted by molar-refractivity contribution is -0.122. The van der Waals surface area contributed by atoms with E-state index in [1.54, 1.807) is 24.1 Å². The van der Waals surface area contributed by atoms with Crippen LogP contribution < -0.4 is 15.0 Å². The van der Waals surface area contributed by atoms with Crippen molar-refractivity contribution >= 4 is 45.7 Å². The molecular weight excluding hydrogens is 372 g/mol. The Labute approximate surface area is 159 Å². The van der Waals surface area contributed by atoms with E-state index in [1.165, 1.54) is 23.1 Å². The van der Waals surface area contributed by atoms with Gasteiger partial charge in [-0.25, -0.2) is 0 Å². The van der Waals surface area contributed by atoms with Crippen molar-refractivity contribution < 1.29 is 14.3 Å². The van der Waals surface area contributed by atoms with Gasteiger partial charge in [-0.3, -0.25) is 9.59 Å². The molecule has 26 heavy (non-hydrogen) atoms. The van der Waals surface area contributed by atoms with Gasteiger partial charge in [0.1, 0.15) is 5.75 Å². The molecule has 2 heterocycles. The first-order valence-electron chi connectivity index (χ1n) is 7.75. The number of methoxy groups -OCH3 is 1. The predicted octanol–water partition coefficient (Wildman–Crippen LogP) is 2.26. The maximum Gasteiger partial charge on any atom is 0.231 e. The summed E-state index contributed by atoms with van der Waals surface area (Å²) in [6.07, 6.45) is 5.36. The van der Waals surface area contributed by atoms with E-state index < -0.39 is 5.92 Å². The third-order valence-electron chi connectivity index (χ3n) is 3.78. The van der Waals surface area contributed by atoms with Crippen LogP contribution in [0.3, 0.4) is 0 Å². The van der Waals surface area contributed by atoms with Crippen molar-refractivity contribution in [1.82, 2.24) is 10.2 Å². The van der Waals surface area contributed by atoms with Crippen LogP contribution >= 0.6 is 23.1 Å². The molecule has 3 rings (SSSR count). The number of thioether (sulfide) groups is 1. The Morgan fingerprint density at radius 2 is 2.38 bits per heavy atom. The number of aromatic nitrogens is 2. The molecule has 0 radical (unpaired) electrons. The minimum absolute atomic E-state index is 0.0964. The lowest BCUT2D eigenvalue weighted by Crippen LogP contribution is -2.28. The molecule has 0 unspecified atom stereocenters. The lowest BCUT2D eigenvalue weighted by Gasteiger charge is -2.17. The SMILES string of the molecule is C#CCSc1nnc(NC(=O)[C@@H]2CC(=O)N(c3cccc(OC)c3)C2)s1. The second kappa shape index (κ2) is 8.21. The summed E-state index contributed by atoms with van der Waals surface area (Å²) in [5.41, 5.74) is 0.716. The largest absolute Gasteiger partial charge is 0.497 e. The number of carbonyl (C=O) groups is 2. The fourth-order valence-electron chi connectivity index (χ4n) is 2.54. The van der Waals surface area contributed by atoms with Gasteiger partial charge in [-0.15, -0.1) is 16.6 Å². The highest BCUT2D eigenvalue weighted by atomic mass is 32.2. The van der Waals surface area contributed by atoms with Crippen molar-refractivity contribution in [2.45, 2.75) is 10.8 Å². The predicted molar refractivity (Wildman–Crippen MR) is 102 cm³/mol. The first kappa shape index (κ1) is 18.2. The van der Waals surface area contributed by atoms with Gasteiger partial charge in [0.2, 0.25) is 16.9 Å². The minimum Gasteiger partial charge on any atom is -0.497 e. The number of benzene rings is 1. The number of nitrogens with one attached hydrogen (secondary N) is 1. The van der Waals surface area contributed by atoms with Crippen LogP contribution in [0.2, 0.25) is 0 Å². The molecule has 0 spiro atoms. The van der Waals surface area contributed by atoms with E-state index in [-0.39, 0.29) is 18.2 Å². The summed E-state index contributed by atoms with van der Waals surface area (Å²) in [7, 11) is 1.57. The molecule has 1 saturated heterocycles. The summed E-state index contributed by atoms with van der Waals surface area (Å²) in [5.74, 6) is 2.88. The third kappa shape index (κ3) is 4.15. The molecule has 1 atom stereocenters. The number of ether oxygens (including phenoxy) is 1. The molecule has 1 aliphatic heterocycles. The summed E-state index contributed by atoms with van der Waals surface area (Å²) in [4.78, 5) is 26.4. The first-order chi connectivity index (χ1) is 12.6. The Balaban J connectivity index is 1.63. The van der Waals surface area contributed by atoms with Gasteiger partial charge < -0.3 is 15.0 Å². The maximum absolute atomic E-state index is 12.5. The van der Waals surface area contributed by atoms with Crippen LogP contribution in [0.1, 0.15) is 6.42 Å². The van der Waals surface area contributed by atoms with Crippen LogP contribution in [0.25, 0.3) is 0 Å². The van der Waals surface area contributed by atoms with E-state index in [4.69, 9.17) is 11.2 Å². The zero-order valence-electron chi connectivity index (χ0n) is 14.0. The van der Waals surface area contributed by atoms with Crippen molar-refractivity contribution in [2.75, 3.05) is 29.6 Å². The van der Waals surface area contributed by atoms with Crippen molar-refractivity contribution in [3.63, 3.8) is 0 Å². The summed E-state index contributed by atoms with van der Waals surface area (Å²) in [6, 6.07) is 7.21. The van der Waals surface area contributed by atoms with Crippen molar-refractivity contribution in [2.24, 2.45) is 5.92 Å². The van der Waals surface area contributed by atoms with Crippen LogP contribution in [-0.4, -0.2) is 41.4 Å². The van der Waals surface area contributed by atoms with E-state index in [9.17, 15) is 9.59 Å². The molecule has 1 aromatic heterocycles. The zero-order chi connectivity index (χ0) is 18.5. The van der Waals surface area contributed by atoms with E-state index in [0.717, 1.165) is 0 Å². The smallest absolute Gasteiger partial charge is 0.231 e. The minimum atomic E-state index is -0.445. The second-order valence-corrected chi connectivity index (χ2v) is 7.66. The number of terminal acetylenes is 1. The highest BCUT2D eigenvalue weighted by Gasteiger charge is 2.35. The van der Waals surface area contributed by atoms with E-state index in [1.807, 2.05) is 12.1 Å². The topological polar surface area (TPSA) is 84.4 Å². The van der Waals surface area contributed by atoms with Crippen LogP contribution in [0.5, 0.6) is 5.75 Å². The summed E-state index contributed by atoms with van der Waals surface area (Å²) >= 11 is 2.65. The van der Waals surface area contributed by atoms with Crippen LogP contribution in [0, 0.1) is 18.3 Å². The van der Waals surface area contributed by atoms with Gasteiger partial charge in [0.15, 0.2) is 4.34 Å². The average molecular weight is 388 g/mol. The number of rotatable bonds is 6. The number of hydrogen-bond acceptors (Lipinski definition) is 7. The van der Waals surface area contributed by atoms with Gasteiger partial charge in [0, 0.05) is 24.7 Å². The zero-order valence-corrected chi connectivity index (χ0v) is 15.6. The van der Waals surface area contributed by atoms with E-state index in [0.29, 0.717) is 33.2 Å². The number of hydrogen-bond donors (Lipinski definition) is 1. The number of carbonyl (C=O) groups excluding carboxylic acids is 2. The fourth-order valence-corrected chi connectivity index (χ4v) is 3.98. The number of nitrogens with zero attached hydrogens (tertiary/aromatic N) is 3. The van der Waals surface area contributed by atoms with Gasteiger partial charge in [-0.05, 0) is 12.1 Å². The van der Waals surface area contributed by atoms with Gasteiger partial charge >= 0.3 is 0 Å². The monoisotopic (exact) mass is 388 g/mol. The number of amides is 2. The molecule has 2 amide bonds. The molecule has 0 aliphatic carbocycles. The van der Waals surface area contributed by atoms with Crippen molar-refractivity contribution in [1.29, 1.82) is 0 Å². The molecule has 2 aromatic rings. The van der Waals surface area contributed by atoms with Gasteiger partial charge in [0.05, 0.1) is 18.8 Å². The first-order valence-corrected chi connectivity index (χ1v) is 9.56. The standard InChI is InChI=1S/C17H16N4O3S2/c1-3-7-25-17-20-19-16(26-17)18-15(23)11-8-14(22)21(10-11)12-5-4-6-13(9-12)24-2/h1,4-6,9,11H,7-8,10H2,2H3,(H,18,19,23)/t11-/m1/s1. The van der Waals surface area contributed by atoms with Gasteiger partial charge in [0.25, 0.3) is 0 Å². The van der Waals surface area contributed by atoms with E-state index >= 15 is 0 Å². The molecule has 7 nitrogen and oxygen atoms in total. The Hall–Kier alpha value is -2.57. The Morgan fingerprint density at radius 3 is 3.15 bits per heavy atom. The van der Waals surface area contributed by atoms with E-state index in [2.05, 4.69) is 21.4 Å². The normalized spacial score (nSPS) is 16.4. The molecule has 9 heteroatoms. The molecule has 1 N–H and O–H groups in total. The third-order valence-corrected chi connectivity index (χ3v) is 5.65. The maximum atomic E-state index is 12.5. The van der Waals surface area contributed by atoms with Crippen LogP contribution in [0.15, 0.2) is 28.6 Å². The number of anilines is 2. The fraction of sp³-hybridized carbons (Fsp3) is 0.294. The van der Waals surface area contributed by atoms with Crippen LogP contribution in [0.4, 0.5) is 10.8 Å². The highest BCUT2D eigenvalue weighted by molar-refractivity contribution is 8.01. The molecule has 1 aromatic carbocycles. The molecule has 0 saturated carbocycles. The van der Waals surface area contributed by atoms with Crippen molar-refractivity contribution in [3.05, 3.63) is 24.3 Å². The Morgan fingerprint density at radius 1 is 1.54 bits per heavy atom. The summed E-state index contributed by atoms with van der Waals surface area (Å²) in [6.45, 7) is 0.315. The van der Waals surface area contributed by atoms with Crippen molar-refractivity contribution in [3.8, 4) is 18.1 Å². The average Bonchev–Trinajstić information content (AvgIpc) is 3.26. The quantitative estimate of drug-likeness (QED) is 0.464. The molecule has 1 aliphatic rings. The van der Waals surface area contributed by atoms with Gasteiger partial charge in [-0.2, -0.15) is 0 Å². The molecular formula is C17H16N4O3S2. The summed E-state index contributed by atoms with van der Waals surface area (Å²) in [5, 5.41) is 11.0. The highest BCUT2D eigenvalue weighted by Crippen LogP contribution is 2.29. The Bertz CT molecular complexity index is 862. The summed E-state index contributed by atoms with van der Waals surface area (Å²) < 4.78 is 5.88. The molecule has 0 bridgehead atoms. The molecule has 134 valence electrons. The van der Waals surface area contributed by atoms with Gasteiger partial charge in [-0.1, -0.05) is 35.1 Å². The molecule has 1 fully saturated rings. The Kier molecular flexibility index (Phi) is 5.75. The lowest BCUT2D eigenvalue weighted by atomic mass is 10.1. The second-order valence-electron chi connectivity index (χ2n) is 5.46.